The van der Waals surface area contributed by atoms with E-state index in [9.17, 15) is 28.4 Å². The van der Waals surface area contributed by atoms with Crippen molar-refractivity contribution in [3.05, 3.63) is 94.4 Å². The number of rotatable bonds is 14. The van der Waals surface area contributed by atoms with Crippen LogP contribution in [0.15, 0.2) is 71.9 Å². The first-order valence-electron chi connectivity index (χ1n) is 19.1. The third-order valence-corrected chi connectivity index (χ3v) is 10.6. The van der Waals surface area contributed by atoms with Crippen molar-refractivity contribution in [2.75, 3.05) is 18.9 Å². The van der Waals surface area contributed by atoms with Crippen molar-refractivity contribution in [1.29, 1.82) is 0 Å². The summed E-state index contributed by atoms with van der Waals surface area (Å²) in [7, 11) is 3.44. The highest BCUT2D eigenvalue weighted by Crippen LogP contribution is 2.28. The van der Waals surface area contributed by atoms with Crippen LogP contribution in [0.25, 0.3) is 33.6 Å². The number of amides is 4. The summed E-state index contributed by atoms with van der Waals surface area (Å²) in [4.78, 5) is 67.4. The first-order chi connectivity index (χ1) is 27.6. The Hall–Kier alpha value is -6.65. The molecule has 4 aromatic heterocycles. The maximum absolute atomic E-state index is 13.4. The van der Waals surface area contributed by atoms with Crippen molar-refractivity contribution in [2.24, 2.45) is 7.05 Å². The molecule has 6 aromatic rings. The van der Waals surface area contributed by atoms with Crippen LogP contribution in [-0.4, -0.2) is 82.9 Å². The number of hydrogen-bond acceptors (Lipinski definition) is 9. The second-order valence-electron chi connectivity index (χ2n) is 14.5. The number of unbranched alkanes of at least 4 members (excludes halogenated alkanes) is 3. The van der Waals surface area contributed by atoms with Gasteiger partial charge in [-0.2, -0.15) is 10.2 Å². The van der Waals surface area contributed by atoms with E-state index in [1.165, 1.54) is 15.3 Å². The van der Waals surface area contributed by atoms with Gasteiger partial charge in [-0.05, 0) is 67.6 Å². The number of carbonyl (C=O) groups is 4. The summed E-state index contributed by atoms with van der Waals surface area (Å²) in [5, 5.41) is 20.3. The first-order valence-corrected chi connectivity index (χ1v) is 19.1. The van der Waals surface area contributed by atoms with Crippen LogP contribution in [-0.2, 0) is 23.1 Å². The summed E-state index contributed by atoms with van der Waals surface area (Å²) in [5.74, 6) is -1.40. The maximum atomic E-state index is 13.4. The number of anilines is 1. The number of nitrogens with zero attached hydrogens (tertiary/aromatic N) is 7. The highest BCUT2D eigenvalue weighted by Gasteiger charge is 2.39. The zero-order chi connectivity index (χ0) is 39.8. The molecular formula is C40H42FN11O5. The fourth-order valence-corrected chi connectivity index (χ4v) is 7.30. The molecule has 2 aliphatic rings. The first kappa shape index (κ1) is 37.3. The lowest BCUT2D eigenvalue weighted by Gasteiger charge is -2.21. The maximum Gasteiger partial charge on any atom is 0.329 e. The molecule has 57 heavy (non-hydrogen) atoms. The Bertz CT molecular complexity index is 2610. The van der Waals surface area contributed by atoms with E-state index in [-0.39, 0.29) is 29.6 Å². The second-order valence-corrected chi connectivity index (χ2v) is 14.5. The van der Waals surface area contributed by atoms with Crippen LogP contribution >= 0.6 is 0 Å². The summed E-state index contributed by atoms with van der Waals surface area (Å²) in [5.41, 5.74) is 5.91. The number of halogens is 1. The van der Waals surface area contributed by atoms with Gasteiger partial charge < -0.3 is 16.0 Å². The van der Waals surface area contributed by atoms with Gasteiger partial charge in [-0.25, -0.2) is 23.4 Å². The molecule has 4 N–H and O–H groups in total. The van der Waals surface area contributed by atoms with Crippen molar-refractivity contribution in [1.82, 2.24) is 49.5 Å². The predicted octanol–water partition coefficient (Wildman–Crippen LogP) is 3.63. The molecule has 1 unspecified atom stereocenters. The van der Waals surface area contributed by atoms with Gasteiger partial charge in [0.05, 0.1) is 46.5 Å². The topological polar surface area (TPSA) is 191 Å². The van der Waals surface area contributed by atoms with E-state index >= 15 is 0 Å². The highest BCUT2D eigenvalue weighted by molar-refractivity contribution is 6.00. The number of benzene rings is 2. The van der Waals surface area contributed by atoms with E-state index in [2.05, 4.69) is 36.4 Å². The minimum atomic E-state index is -1.03. The molecule has 17 heteroatoms. The van der Waals surface area contributed by atoms with Crippen molar-refractivity contribution in [2.45, 2.75) is 69.6 Å². The van der Waals surface area contributed by atoms with Crippen molar-refractivity contribution in [3.8, 4) is 16.9 Å². The summed E-state index contributed by atoms with van der Waals surface area (Å²) in [6.07, 6.45) is 9.10. The van der Waals surface area contributed by atoms with Gasteiger partial charge in [0, 0.05) is 50.8 Å². The zero-order valence-electron chi connectivity index (χ0n) is 31.5. The van der Waals surface area contributed by atoms with E-state index in [1.807, 2.05) is 30.3 Å². The number of fused-ring (bicyclic) bond motifs is 2. The van der Waals surface area contributed by atoms with E-state index in [0.717, 1.165) is 43.2 Å². The molecule has 294 valence electrons. The van der Waals surface area contributed by atoms with Crippen LogP contribution in [0.1, 0.15) is 77.4 Å². The zero-order valence-corrected chi connectivity index (χ0v) is 31.5. The molecule has 1 saturated heterocycles. The standard InChI is InChI=1S/C40H42FN11O5/c1-42-30-19-28(48-52-34(21-44-36(30)52)39(56)46-29-18-27(29)41)25-20-45-50(22-25)26-10-7-9-24(17-26)37(54)43-15-6-4-3-5-8-23-11-12-31-33(16-23)49(2)40(57)51(31)32-13-14-35(53)47-38(32)55/h7,9-12,16-17,19-22,27,29,32,42H,3-6,8,13-15,18H2,1-2H3,(H,43,54)(H,46,56)(H,47,53,55)/t27-,29+,32?/m0/s1. The predicted molar refractivity (Wildman–Crippen MR) is 209 cm³/mol. The van der Waals surface area contributed by atoms with Gasteiger partial charge in [0.25, 0.3) is 11.8 Å². The van der Waals surface area contributed by atoms with Gasteiger partial charge in [-0.3, -0.25) is 33.6 Å². The number of alkyl halides is 1. The van der Waals surface area contributed by atoms with Crippen molar-refractivity contribution >= 4 is 46.0 Å². The molecule has 1 aliphatic heterocycles. The Kier molecular flexibility index (Phi) is 10.1. The summed E-state index contributed by atoms with van der Waals surface area (Å²) >= 11 is 0. The molecule has 4 amide bonds. The molecule has 1 aliphatic carbocycles. The number of aryl methyl sites for hydroxylation is 2. The largest absolute Gasteiger partial charge is 0.385 e. The number of piperidine rings is 1. The summed E-state index contributed by atoms with van der Waals surface area (Å²) in [6.45, 7) is 0.530. The quantitative estimate of drug-likeness (QED) is 0.0946. The number of carbonyl (C=O) groups excluding carboxylic acids is 4. The summed E-state index contributed by atoms with van der Waals surface area (Å²) in [6, 6.07) is 13.6. The van der Waals surface area contributed by atoms with Crippen molar-refractivity contribution < 1.29 is 23.6 Å². The third kappa shape index (κ3) is 7.51. The molecule has 1 saturated carbocycles. The lowest BCUT2D eigenvalue weighted by molar-refractivity contribution is -0.135. The monoisotopic (exact) mass is 775 g/mol. The van der Waals surface area contributed by atoms with E-state index in [1.54, 1.807) is 53.9 Å². The number of imide groups is 1. The number of hydrogen-bond donors (Lipinski definition) is 4. The summed E-state index contributed by atoms with van der Waals surface area (Å²) < 4.78 is 19.6. The van der Waals surface area contributed by atoms with Gasteiger partial charge >= 0.3 is 5.69 Å². The molecule has 3 atom stereocenters. The second kappa shape index (κ2) is 15.5. The Balaban J connectivity index is 0.835. The Morgan fingerprint density at radius 3 is 2.60 bits per heavy atom. The SMILES string of the molecule is CNc1cc(-c2cnn(-c3cccc(C(=O)NCCCCCCc4ccc5c(c4)n(C)c(=O)n5C4CCC(=O)NC4=O)c3)c2)nn2c(C(=O)N[C@@H]3C[C@@H]3F)cnc12. The minimum absolute atomic E-state index is 0.186. The van der Waals surface area contributed by atoms with Gasteiger partial charge in [-0.1, -0.05) is 25.0 Å². The van der Waals surface area contributed by atoms with Crippen LogP contribution in [0.3, 0.4) is 0 Å². The lowest BCUT2D eigenvalue weighted by atomic mass is 10.0. The number of nitrogens with one attached hydrogen (secondary N) is 4. The average Bonchev–Trinajstić information content (AvgIpc) is 3.53. The van der Waals surface area contributed by atoms with E-state index in [0.29, 0.717) is 58.7 Å². The minimum Gasteiger partial charge on any atom is -0.385 e. The van der Waals surface area contributed by atoms with E-state index < -0.39 is 30.1 Å². The highest BCUT2D eigenvalue weighted by atomic mass is 19.1. The fraction of sp³-hybridized carbons (Fsp3) is 0.350. The van der Waals surface area contributed by atoms with Crippen molar-refractivity contribution in [3.63, 3.8) is 0 Å². The fourth-order valence-electron chi connectivity index (χ4n) is 7.30. The molecule has 2 aromatic carbocycles. The van der Waals surface area contributed by atoms with Gasteiger partial charge in [0.1, 0.15) is 12.2 Å². The lowest BCUT2D eigenvalue weighted by Crippen LogP contribution is -2.44. The Morgan fingerprint density at radius 1 is 0.982 bits per heavy atom. The molecular weight excluding hydrogens is 734 g/mol. The van der Waals surface area contributed by atoms with Crippen LogP contribution in [0.2, 0.25) is 0 Å². The molecule has 8 rings (SSSR count). The molecule has 0 spiro atoms. The van der Waals surface area contributed by atoms with Crippen LogP contribution < -0.4 is 27.0 Å². The average molecular weight is 776 g/mol. The van der Waals surface area contributed by atoms with Crippen LogP contribution in [0.4, 0.5) is 10.1 Å². The third-order valence-electron chi connectivity index (χ3n) is 10.6. The Labute approximate surface area is 325 Å². The smallest absolute Gasteiger partial charge is 0.329 e. The Morgan fingerprint density at radius 2 is 1.81 bits per heavy atom. The number of aromatic nitrogens is 7. The van der Waals surface area contributed by atoms with Gasteiger partial charge in [0.15, 0.2) is 11.3 Å². The van der Waals surface area contributed by atoms with Gasteiger partial charge in [0.2, 0.25) is 11.8 Å². The molecule has 5 heterocycles. The van der Waals surface area contributed by atoms with Crippen LogP contribution in [0.5, 0.6) is 0 Å². The molecule has 16 nitrogen and oxygen atoms in total. The van der Waals surface area contributed by atoms with E-state index in [4.69, 9.17) is 0 Å². The number of imidazole rings is 2. The normalized spacial score (nSPS) is 17.8. The molecule has 0 bridgehead atoms. The molecule has 2 fully saturated rings. The molecule has 0 radical (unpaired) electrons. The van der Waals surface area contributed by atoms with Gasteiger partial charge in [-0.15, -0.1) is 0 Å². The van der Waals surface area contributed by atoms with Crippen LogP contribution in [0, 0.1) is 0 Å².